The Kier molecular flexibility index (Phi) is 18.3. The summed E-state index contributed by atoms with van der Waals surface area (Å²) in [6, 6.07) is 26.0. The number of piperidine rings is 1. The van der Waals surface area contributed by atoms with Crippen LogP contribution in [0.3, 0.4) is 0 Å². The lowest BCUT2D eigenvalue weighted by molar-refractivity contribution is -0.144. The largest absolute Gasteiger partial charge is 0.494 e. The van der Waals surface area contributed by atoms with Crippen molar-refractivity contribution in [3.8, 4) is 16.2 Å². The maximum absolute atomic E-state index is 14.2. The van der Waals surface area contributed by atoms with Crippen LogP contribution in [-0.2, 0) is 32.1 Å². The first-order valence-corrected chi connectivity index (χ1v) is 27.1. The first-order valence-electron chi connectivity index (χ1n) is 26.2. The summed E-state index contributed by atoms with van der Waals surface area (Å²) in [5, 5.41) is 22.5. The highest BCUT2D eigenvalue weighted by molar-refractivity contribution is 7.13. The molecule has 0 spiro atoms. The van der Waals surface area contributed by atoms with Crippen LogP contribution in [0.15, 0.2) is 101 Å². The zero-order valence-electron chi connectivity index (χ0n) is 44.6. The van der Waals surface area contributed by atoms with E-state index in [0.29, 0.717) is 34.3 Å². The minimum atomic E-state index is -0.886. The molecule has 0 unspecified atom stereocenters. The smallest absolute Gasteiger partial charge is 0.255 e. The SMILES string of the molecule is COc1cc(C(=O)Nc2ccc(CC(=O)Nc3ccc(N4CCN(CC5CCN(CC(=O)N[C@H](C(=O)N6C[C@H](O)C[C@H]6C(=O)NCc6ccc(-c7scnc7C)cc6)C(C)(C)C)CC5)CC4)cc3)cc2)ccc1N=C(N)N. The molecule has 9 N–H and O–H groups in total. The number of carbonyl (C=O) groups is 5. The standard InChI is InChI=1S/C57H72N12O7S/c1-36-51(77-35-61-36)40-10-6-38(7-11-40)31-60-54(74)47-30-45(70)33-69(47)55(75)52(57(2,3)4)65-50(72)34-66-22-20-39(21-23-66)32-67-24-26-68(27-25-67)44-17-15-42(16-18-44)62-49(71)28-37-8-13-43(14-9-37)63-53(73)41-12-19-46(64-56(58)59)48(29-41)76-5/h6-19,29,35,39,45,47,52,70H,20-28,30-34H2,1-5H3,(H,60,74)(H,62,71)(H,63,73)(H,65,72)(H4,58,59,64)/t45-,47+,52-/m1/s1. The number of aliphatic hydroxyl groups is 1. The number of anilines is 3. The van der Waals surface area contributed by atoms with Crippen LogP contribution < -0.4 is 42.4 Å². The van der Waals surface area contributed by atoms with E-state index in [2.05, 4.69) is 45.9 Å². The van der Waals surface area contributed by atoms with Gasteiger partial charge in [0, 0.05) is 74.9 Å². The molecule has 0 radical (unpaired) electrons. The number of β-amino-alcohol motifs (C(OH)–C–C–N with tert-alkyl or cyclic N) is 1. The minimum Gasteiger partial charge on any atom is -0.494 e. The average Bonchev–Trinajstić information content (AvgIpc) is 4.03. The van der Waals surface area contributed by atoms with E-state index >= 15 is 0 Å². The minimum absolute atomic E-state index is 0.0197. The third-order valence-electron chi connectivity index (χ3n) is 14.5. The van der Waals surface area contributed by atoms with Crippen molar-refractivity contribution in [2.45, 2.75) is 78.1 Å². The highest BCUT2D eigenvalue weighted by Crippen LogP contribution is 2.31. The number of nitrogens with two attached hydrogens (primary N) is 2. The van der Waals surface area contributed by atoms with Crippen molar-refractivity contribution in [2.75, 3.05) is 81.5 Å². The molecule has 4 aromatic carbocycles. The fourth-order valence-electron chi connectivity index (χ4n) is 10.2. The molecule has 20 heteroatoms. The second-order valence-corrected chi connectivity index (χ2v) is 22.2. The molecule has 4 heterocycles. The highest BCUT2D eigenvalue weighted by Gasteiger charge is 2.44. The number of likely N-dealkylation sites (tertiary alicyclic amines) is 2. The third kappa shape index (κ3) is 15.0. The molecule has 3 saturated heterocycles. The normalized spacial score (nSPS) is 17.8. The van der Waals surface area contributed by atoms with Gasteiger partial charge in [-0.1, -0.05) is 57.2 Å². The summed E-state index contributed by atoms with van der Waals surface area (Å²) in [4.78, 5) is 85.2. The summed E-state index contributed by atoms with van der Waals surface area (Å²) >= 11 is 1.58. The van der Waals surface area contributed by atoms with Gasteiger partial charge in [0.15, 0.2) is 5.96 Å². The third-order valence-corrected chi connectivity index (χ3v) is 15.4. The summed E-state index contributed by atoms with van der Waals surface area (Å²) in [6.45, 7) is 14.4. The summed E-state index contributed by atoms with van der Waals surface area (Å²) in [5.41, 5.74) is 19.0. The Balaban J connectivity index is 0.726. The fourth-order valence-corrected chi connectivity index (χ4v) is 11.0. The monoisotopic (exact) mass is 1070 g/mol. The van der Waals surface area contributed by atoms with E-state index in [1.165, 1.54) is 12.0 Å². The number of guanidine groups is 1. The number of thiazole rings is 1. The first-order chi connectivity index (χ1) is 36.9. The van der Waals surface area contributed by atoms with Crippen LogP contribution in [0.1, 0.15) is 67.2 Å². The molecule has 5 aromatic rings. The number of aliphatic hydroxyl groups excluding tert-OH is 1. The van der Waals surface area contributed by atoms with Gasteiger partial charge in [0.25, 0.3) is 5.91 Å². The number of amides is 5. The zero-order chi connectivity index (χ0) is 54.8. The number of rotatable bonds is 18. The molecule has 3 fully saturated rings. The number of aromatic nitrogens is 1. The van der Waals surface area contributed by atoms with Gasteiger partial charge in [-0.05, 0) is 115 Å². The lowest BCUT2D eigenvalue weighted by Crippen LogP contribution is -2.59. The molecule has 77 heavy (non-hydrogen) atoms. The number of carbonyl (C=O) groups excluding carboxylic acids is 5. The fraction of sp³-hybridized carbons (Fsp3) is 0.421. The maximum Gasteiger partial charge on any atom is 0.255 e. The Morgan fingerprint density at radius 3 is 2.13 bits per heavy atom. The van der Waals surface area contributed by atoms with E-state index in [9.17, 15) is 29.1 Å². The van der Waals surface area contributed by atoms with Gasteiger partial charge >= 0.3 is 0 Å². The van der Waals surface area contributed by atoms with E-state index in [-0.39, 0.29) is 68.0 Å². The number of hydrogen-bond donors (Lipinski definition) is 7. The molecule has 408 valence electrons. The first kappa shape index (κ1) is 55.8. The number of piperazine rings is 1. The predicted molar refractivity (Wildman–Crippen MR) is 301 cm³/mol. The number of ether oxygens (including phenoxy) is 1. The van der Waals surface area contributed by atoms with Crippen molar-refractivity contribution < 1.29 is 33.8 Å². The van der Waals surface area contributed by atoms with Crippen LogP contribution >= 0.6 is 11.3 Å². The number of nitrogens with zero attached hydrogens (tertiary/aromatic N) is 6. The van der Waals surface area contributed by atoms with E-state index in [1.807, 2.05) is 81.7 Å². The van der Waals surface area contributed by atoms with E-state index in [1.54, 1.807) is 53.8 Å². The molecule has 5 amide bonds. The molecule has 0 aliphatic carbocycles. The van der Waals surface area contributed by atoms with Gasteiger partial charge in [0.2, 0.25) is 23.6 Å². The number of methoxy groups -OCH3 is 1. The number of aryl methyl sites for hydroxylation is 1. The second kappa shape index (κ2) is 25.2. The van der Waals surface area contributed by atoms with Gasteiger partial charge in [-0.25, -0.2) is 9.98 Å². The van der Waals surface area contributed by atoms with Gasteiger partial charge < -0.3 is 52.4 Å². The Hall–Kier alpha value is -7.39. The Morgan fingerprint density at radius 1 is 0.831 bits per heavy atom. The van der Waals surface area contributed by atoms with Crippen LogP contribution in [0, 0.1) is 18.3 Å². The lowest BCUT2D eigenvalue weighted by Gasteiger charge is -2.40. The topological polar surface area (TPSA) is 253 Å². The molecular formula is C57H72N12O7S. The Labute approximate surface area is 454 Å². The lowest BCUT2D eigenvalue weighted by atomic mass is 9.85. The van der Waals surface area contributed by atoms with Crippen LogP contribution in [0.4, 0.5) is 22.7 Å². The molecular weight excluding hydrogens is 997 g/mol. The second-order valence-electron chi connectivity index (χ2n) is 21.3. The number of benzene rings is 4. The predicted octanol–water partition coefficient (Wildman–Crippen LogP) is 5.11. The van der Waals surface area contributed by atoms with Crippen molar-refractivity contribution in [1.29, 1.82) is 0 Å². The highest BCUT2D eigenvalue weighted by atomic mass is 32.1. The maximum atomic E-state index is 14.2. The Bertz CT molecular complexity index is 2890. The van der Waals surface area contributed by atoms with E-state index < -0.39 is 23.6 Å². The van der Waals surface area contributed by atoms with Crippen molar-refractivity contribution in [3.05, 3.63) is 119 Å². The Morgan fingerprint density at radius 2 is 1.49 bits per heavy atom. The molecule has 8 rings (SSSR count). The van der Waals surface area contributed by atoms with Gasteiger partial charge in [0.1, 0.15) is 23.5 Å². The van der Waals surface area contributed by atoms with Crippen LogP contribution in [0.2, 0.25) is 0 Å². The van der Waals surface area contributed by atoms with Gasteiger partial charge in [-0.2, -0.15) is 0 Å². The quantitative estimate of drug-likeness (QED) is 0.0446. The number of hydrogen-bond acceptors (Lipinski definition) is 13. The summed E-state index contributed by atoms with van der Waals surface area (Å²) in [5.74, 6) is -0.689. The number of aliphatic imine (C=N–C) groups is 1. The van der Waals surface area contributed by atoms with Crippen LogP contribution in [0.5, 0.6) is 5.75 Å². The molecule has 0 bridgehead atoms. The van der Waals surface area contributed by atoms with E-state index in [4.69, 9.17) is 16.2 Å². The van der Waals surface area contributed by atoms with Crippen LogP contribution in [0.25, 0.3) is 10.4 Å². The molecule has 19 nitrogen and oxygen atoms in total. The molecule has 3 aliphatic rings. The van der Waals surface area contributed by atoms with Crippen molar-refractivity contribution in [2.24, 2.45) is 27.8 Å². The van der Waals surface area contributed by atoms with Gasteiger partial charge in [0.05, 0.1) is 42.3 Å². The summed E-state index contributed by atoms with van der Waals surface area (Å²) in [6.07, 6.45) is 1.39. The molecule has 0 saturated carbocycles. The van der Waals surface area contributed by atoms with E-state index in [0.717, 1.165) is 91.6 Å². The van der Waals surface area contributed by atoms with Gasteiger partial charge in [-0.15, -0.1) is 11.3 Å². The van der Waals surface area contributed by atoms with Gasteiger partial charge in [-0.3, -0.25) is 33.8 Å². The van der Waals surface area contributed by atoms with Crippen molar-refractivity contribution in [3.63, 3.8) is 0 Å². The number of nitrogens with one attached hydrogen (secondary N) is 4. The average molecular weight is 1070 g/mol. The zero-order valence-corrected chi connectivity index (χ0v) is 45.4. The van der Waals surface area contributed by atoms with Crippen molar-refractivity contribution >= 4 is 69.6 Å². The molecule has 1 aromatic heterocycles. The summed E-state index contributed by atoms with van der Waals surface area (Å²) < 4.78 is 5.33. The van der Waals surface area contributed by atoms with Crippen molar-refractivity contribution in [1.82, 2.24) is 30.3 Å². The summed E-state index contributed by atoms with van der Waals surface area (Å²) in [7, 11) is 1.47. The molecule has 3 aliphatic heterocycles. The molecule has 3 atom stereocenters. The van der Waals surface area contributed by atoms with Crippen LogP contribution in [-0.4, -0.2) is 144 Å².